The molecule has 2 N–H and O–H groups in total. The summed E-state index contributed by atoms with van der Waals surface area (Å²) in [4.78, 5) is 12.5. The number of halogens is 1. The first-order valence-corrected chi connectivity index (χ1v) is 7.93. The molecule has 1 amide bonds. The van der Waals surface area contributed by atoms with Gasteiger partial charge in [-0.15, -0.1) is 0 Å². The van der Waals surface area contributed by atoms with E-state index < -0.39 is 0 Å². The van der Waals surface area contributed by atoms with E-state index in [0.717, 1.165) is 30.8 Å². The van der Waals surface area contributed by atoms with Gasteiger partial charge in [-0.05, 0) is 49.1 Å². The van der Waals surface area contributed by atoms with Crippen molar-refractivity contribution in [3.05, 3.63) is 28.8 Å². The lowest BCUT2D eigenvalue weighted by molar-refractivity contribution is -0.127. The van der Waals surface area contributed by atoms with Gasteiger partial charge < -0.3 is 15.4 Å². The van der Waals surface area contributed by atoms with Crippen molar-refractivity contribution in [1.29, 1.82) is 0 Å². The van der Waals surface area contributed by atoms with Gasteiger partial charge in [0.1, 0.15) is 12.4 Å². The van der Waals surface area contributed by atoms with Crippen LogP contribution in [0, 0.1) is 11.8 Å². The van der Waals surface area contributed by atoms with Gasteiger partial charge in [0, 0.05) is 17.6 Å². The van der Waals surface area contributed by atoms with Gasteiger partial charge in [0.2, 0.25) is 5.91 Å². The van der Waals surface area contributed by atoms with Crippen molar-refractivity contribution in [2.24, 2.45) is 11.8 Å². The summed E-state index contributed by atoms with van der Waals surface area (Å²) in [6.45, 7) is 4.52. The first kappa shape index (κ1) is 14.7. The SMILES string of the molecule is CC1CCNCC1NC(=O)C1COc2ccc(Cl)cc2C1. The summed E-state index contributed by atoms with van der Waals surface area (Å²) in [6.07, 6.45) is 1.79. The molecular weight excluding hydrogens is 288 g/mol. The molecular formula is C16H21ClN2O2. The number of nitrogens with one attached hydrogen (secondary N) is 2. The minimum Gasteiger partial charge on any atom is -0.492 e. The Morgan fingerprint density at radius 1 is 1.48 bits per heavy atom. The van der Waals surface area contributed by atoms with Gasteiger partial charge in [-0.2, -0.15) is 0 Å². The van der Waals surface area contributed by atoms with Crippen LogP contribution in [0.1, 0.15) is 18.9 Å². The average Bonchev–Trinajstić information content (AvgIpc) is 2.48. The average molecular weight is 309 g/mol. The maximum Gasteiger partial charge on any atom is 0.227 e. The number of carbonyl (C=O) groups excluding carboxylic acids is 1. The van der Waals surface area contributed by atoms with E-state index in [1.54, 1.807) is 0 Å². The Morgan fingerprint density at radius 2 is 2.33 bits per heavy atom. The molecule has 3 unspecified atom stereocenters. The van der Waals surface area contributed by atoms with Crippen molar-refractivity contribution in [1.82, 2.24) is 10.6 Å². The minimum atomic E-state index is -0.134. The van der Waals surface area contributed by atoms with E-state index >= 15 is 0 Å². The Balaban J connectivity index is 1.63. The van der Waals surface area contributed by atoms with E-state index in [0.29, 0.717) is 24.0 Å². The summed E-state index contributed by atoms with van der Waals surface area (Å²) in [5.41, 5.74) is 1.02. The van der Waals surface area contributed by atoms with Gasteiger partial charge in [0.25, 0.3) is 0 Å². The number of hydrogen-bond donors (Lipinski definition) is 2. The number of hydrogen-bond acceptors (Lipinski definition) is 3. The summed E-state index contributed by atoms with van der Waals surface area (Å²) >= 11 is 6.01. The van der Waals surface area contributed by atoms with Crippen LogP contribution in [0.2, 0.25) is 5.02 Å². The smallest absolute Gasteiger partial charge is 0.227 e. The molecule has 1 aromatic carbocycles. The molecule has 2 aliphatic heterocycles. The van der Waals surface area contributed by atoms with E-state index in [1.165, 1.54) is 0 Å². The highest BCUT2D eigenvalue weighted by Crippen LogP contribution is 2.30. The van der Waals surface area contributed by atoms with Crippen molar-refractivity contribution >= 4 is 17.5 Å². The quantitative estimate of drug-likeness (QED) is 0.878. The first-order chi connectivity index (χ1) is 10.1. The molecule has 0 spiro atoms. The third-order valence-corrected chi connectivity index (χ3v) is 4.69. The van der Waals surface area contributed by atoms with Gasteiger partial charge in [0.05, 0.1) is 5.92 Å². The molecule has 3 rings (SSSR count). The molecule has 114 valence electrons. The van der Waals surface area contributed by atoms with Gasteiger partial charge in [-0.25, -0.2) is 0 Å². The van der Waals surface area contributed by atoms with Gasteiger partial charge >= 0.3 is 0 Å². The number of benzene rings is 1. The number of fused-ring (bicyclic) bond motifs is 1. The third kappa shape index (κ3) is 3.33. The topological polar surface area (TPSA) is 50.4 Å². The Hall–Kier alpha value is -1.26. The van der Waals surface area contributed by atoms with Crippen LogP contribution in [0.5, 0.6) is 5.75 Å². The van der Waals surface area contributed by atoms with Crippen molar-refractivity contribution in [3.8, 4) is 5.75 Å². The number of amides is 1. The molecule has 0 aliphatic carbocycles. The Labute approximate surface area is 130 Å². The van der Waals surface area contributed by atoms with Crippen LogP contribution in [-0.2, 0) is 11.2 Å². The molecule has 0 bridgehead atoms. The van der Waals surface area contributed by atoms with Crippen LogP contribution in [0.15, 0.2) is 18.2 Å². The van der Waals surface area contributed by atoms with Gasteiger partial charge in [0.15, 0.2) is 0 Å². The van der Waals surface area contributed by atoms with Crippen molar-refractivity contribution in [2.45, 2.75) is 25.8 Å². The third-order valence-electron chi connectivity index (χ3n) is 4.45. The summed E-state index contributed by atoms with van der Waals surface area (Å²) in [5.74, 6) is 1.31. The van der Waals surface area contributed by atoms with Crippen molar-refractivity contribution < 1.29 is 9.53 Å². The first-order valence-electron chi connectivity index (χ1n) is 7.56. The van der Waals surface area contributed by atoms with Crippen LogP contribution in [-0.4, -0.2) is 31.6 Å². The zero-order valence-electron chi connectivity index (χ0n) is 12.2. The molecule has 2 aliphatic rings. The molecule has 21 heavy (non-hydrogen) atoms. The highest BCUT2D eigenvalue weighted by atomic mass is 35.5. The second-order valence-corrected chi connectivity index (χ2v) is 6.49. The summed E-state index contributed by atoms with van der Waals surface area (Å²) in [6, 6.07) is 5.79. The fourth-order valence-electron chi connectivity index (χ4n) is 3.02. The molecule has 0 aromatic heterocycles. The van der Waals surface area contributed by atoms with Gasteiger partial charge in [-0.3, -0.25) is 4.79 Å². The zero-order chi connectivity index (χ0) is 14.8. The Kier molecular flexibility index (Phi) is 4.36. The zero-order valence-corrected chi connectivity index (χ0v) is 13.0. The van der Waals surface area contributed by atoms with E-state index in [9.17, 15) is 4.79 Å². The van der Waals surface area contributed by atoms with E-state index in [2.05, 4.69) is 17.6 Å². The molecule has 0 saturated carbocycles. The normalized spacial score (nSPS) is 28.4. The van der Waals surface area contributed by atoms with E-state index in [1.807, 2.05) is 18.2 Å². The minimum absolute atomic E-state index is 0.0844. The number of ether oxygens (including phenoxy) is 1. The number of carbonyl (C=O) groups is 1. The fraction of sp³-hybridized carbons (Fsp3) is 0.562. The lowest BCUT2D eigenvalue weighted by Gasteiger charge is -2.32. The summed E-state index contributed by atoms with van der Waals surface area (Å²) in [7, 11) is 0. The molecule has 3 atom stereocenters. The Morgan fingerprint density at radius 3 is 3.14 bits per heavy atom. The number of piperidine rings is 1. The van der Waals surface area contributed by atoms with Crippen LogP contribution >= 0.6 is 11.6 Å². The monoisotopic (exact) mass is 308 g/mol. The molecule has 0 radical (unpaired) electrons. The largest absolute Gasteiger partial charge is 0.492 e. The highest BCUT2D eigenvalue weighted by Gasteiger charge is 2.29. The van der Waals surface area contributed by atoms with Crippen LogP contribution < -0.4 is 15.4 Å². The maximum absolute atomic E-state index is 12.5. The second-order valence-electron chi connectivity index (χ2n) is 6.05. The van der Waals surface area contributed by atoms with Crippen molar-refractivity contribution in [2.75, 3.05) is 19.7 Å². The Bertz CT molecular complexity index is 535. The molecule has 1 fully saturated rings. The number of rotatable bonds is 2. The molecule has 1 saturated heterocycles. The second kappa shape index (κ2) is 6.24. The predicted octanol–water partition coefficient (Wildman–Crippen LogP) is 2.01. The lowest BCUT2D eigenvalue weighted by Crippen LogP contribution is -2.52. The molecule has 4 nitrogen and oxygen atoms in total. The summed E-state index contributed by atoms with van der Waals surface area (Å²) < 4.78 is 5.69. The highest BCUT2D eigenvalue weighted by molar-refractivity contribution is 6.30. The molecule has 5 heteroatoms. The standard InChI is InChI=1S/C16H21ClN2O2/c1-10-4-5-18-8-14(10)19-16(20)12-6-11-7-13(17)2-3-15(11)21-9-12/h2-3,7,10,12,14,18H,4-6,8-9H2,1H3,(H,19,20). The predicted molar refractivity (Wildman–Crippen MR) is 82.7 cm³/mol. The van der Waals surface area contributed by atoms with Crippen LogP contribution in [0.4, 0.5) is 0 Å². The van der Waals surface area contributed by atoms with Gasteiger partial charge in [-0.1, -0.05) is 18.5 Å². The van der Waals surface area contributed by atoms with Crippen LogP contribution in [0.3, 0.4) is 0 Å². The van der Waals surface area contributed by atoms with E-state index in [-0.39, 0.29) is 17.9 Å². The lowest BCUT2D eigenvalue weighted by atomic mass is 9.92. The van der Waals surface area contributed by atoms with E-state index in [4.69, 9.17) is 16.3 Å². The van der Waals surface area contributed by atoms with Crippen LogP contribution in [0.25, 0.3) is 0 Å². The maximum atomic E-state index is 12.5. The molecule has 2 heterocycles. The fourth-order valence-corrected chi connectivity index (χ4v) is 3.21. The summed E-state index contributed by atoms with van der Waals surface area (Å²) in [5, 5.41) is 7.19. The molecule has 1 aromatic rings. The van der Waals surface area contributed by atoms with Crippen molar-refractivity contribution in [3.63, 3.8) is 0 Å².